The Morgan fingerprint density at radius 1 is 0.920 bits per heavy atom. The van der Waals surface area contributed by atoms with Crippen LogP contribution in [0.5, 0.6) is 0 Å². The summed E-state index contributed by atoms with van der Waals surface area (Å²) in [5, 5.41) is 3.28. The van der Waals surface area contributed by atoms with Gasteiger partial charge in [-0.1, -0.05) is 66.2 Å². The van der Waals surface area contributed by atoms with Gasteiger partial charge in [0.25, 0.3) is 5.91 Å². The Morgan fingerprint density at radius 2 is 1.64 bits per heavy atom. The molecule has 0 heterocycles. The molecule has 0 fully saturated rings. The molecule has 3 aromatic rings. The molecule has 1 amide bonds. The Bertz CT molecular complexity index is 922. The van der Waals surface area contributed by atoms with Gasteiger partial charge in [0.05, 0.1) is 0 Å². The van der Waals surface area contributed by atoms with E-state index in [2.05, 4.69) is 5.32 Å². The van der Waals surface area contributed by atoms with E-state index >= 15 is 0 Å². The fourth-order valence-electron chi connectivity index (χ4n) is 2.41. The quantitative estimate of drug-likeness (QED) is 0.477. The van der Waals surface area contributed by atoms with Crippen molar-refractivity contribution in [2.75, 3.05) is 5.32 Å². The Balaban J connectivity index is 2.00. The number of benzene rings is 3. The largest absolute Gasteiger partial charge is 0.322 e. The van der Waals surface area contributed by atoms with E-state index in [9.17, 15) is 9.18 Å². The maximum Gasteiger partial charge on any atom is 0.256 e. The zero-order chi connectivity index (χ0) is 17.6. The van der Waals surface area contributed by atoms with E-state index in [0.717, 1.165) is 11.1 Å². The van der Waals surface area contributed by atoms with Gasteiger partial charge in [-0.2, -0.15) is 0 Å². The molecule has 3 rings (SSSR count). The molecule has 4 heteroatoms. The minimum Gasteiger partial charge on any atom is -0.322 e. The van der Waals surface area contributed by atoms with Crippen LogP contribution in [0.2, 0.25) is 5.02 Å². The summed E-state index contributed by atoms with van der Waals surface area (Å²) >= 11 is 6.22. The van der Waals surface area contributed by atoms with Gasteiger partial charge in [0.2, 0.25) is 0 Å². The van der Waals surface area contributed by atoms with E-state index in [1.807, 2.05) is 48.5 Å². The van der Waals surface area contributed by atoms with Gasteiger partial charge < -0.3 is 5.32 Å². The highest BCUT2D eigenvalue weighted by molar-refractivity contribution is 6.34. The lowest BCUT2D eigenvalue weighted by atomic mass is 10.0. The van der Waals surface area contributed by atoms with Crippen LogP contribution in [0.3, 0.4) is 0 Å². The number of hydrogen-bond acceptors (Lipinski definition) is 1. The van der Waals surface area contributed by atoms with Crippen LogP contribution in [0.1, 0.15) is 11.1 Å². The first-order chi connectivity index (χ1) is 12.1. The van der Waals surface area contributed by atoms with E-state index in [1.165, 1.54) is 12.1 Å². The average molecular weight is 352 g/mol. The number of amides is 1. The lowest BCUT2D eigenvalue weighted by molar-refractivity contribution is -0.111. The Hall–Kier alpha value is -2.91. The van der Waals surface area contributed by atoms with Gasteiger partial charge in [0.1, 0.15) is 5.82 Å². The number of anilines is 1. The molecule has 0 aliphatic rings. The van der Waals surface area contributed by atoms with Crippen LogP contribution >= 0.6 is 11.6 Å². The van der Waals surface area contributed by atoms with Crippen LogP contribution in [0.4, 0.5) is 10.1 Å². The predicted octanol–water partition coefficient (Wildman–Crippen LogP) is 5.66. The van der Waals surface area contributed by atoms with Gasteiger partial charge in [-0.3, -0.25) is 4.79 Å². The molecule has 0 aliphatic carbocycles. The molecule has 0 aliphatic heterocycles. The molecule has 0 atom stereocenters. The van der Waals surface area contributed by atoms with E-state index < -0.39 is 5.82 Å². The second-order valence-electron chi connectivity index (χ2n) is 5.41. The summed E-state index contributed by atoms with van der Waals surface area (Å²) in [6, 6.07) is 22.3. The topological polar surface area (TPSA) is 29.1 Å². The zero-order valence-electron chi connectivity index (χ0n) is 13.2. The van der Waals surface area contributed by atoms with Crippen LogP contribution in [0.15, 0.2) is 78.9 Å². The molecular formula is C21H15ClFNO. The predicted molar refractivity (Wildman–Crippen MR) is 101 cm³/mol. The first-order valence-corrected chi connectivity index (χ1v) is 8.10. The number of carbonyl (C=O) groups is 1. The monoisotopic (exact) mass is 351 g/mol. The van der Waals surface area contributed by atoms with Crippen molar-refractivity contribution in [3.05, 3.63) is 101 Å². The molecule has 1 N–H and O–H groups in total. The van der Waals surface area contributed by atoms with Crippen LogP contribution in [0, 0.1) is 5.82 Å². The normalized spacial score (nSPS) is 11.2. The molecule has 0 saturated heterocycles. The highest BCUT2D eigenvalue weighted by Gasteiger charge is 2.13. The summed E-state index contributed by atoms with van der Waals surface area (Å²) in [7, 11) is 0. The number of hydrogen-bond donors (Lipinski definition) is 1. The third kappa shape index (κ3) is 4.34. The number of carbonyl (C=O) groups excluding carboxylic acids is 1. The Kier molecular flexibility index (Phi) is 5.26. The van der Waals surface area contributed by atoms with E-state index in [4.69, 9.17) is 11.6 Å². The first kappa shape index (κ1) is 16.9. The third-order valence-corrected chi connectivity index (χ3v) is 3.96. The standard InChI is InChI=1S/C21H15ClFNO/c22-20-12-5-4-9-16(20)13-19(15-7-2-1-3-8-15)21(25)24-18-11-6-10-17(23)14-18/h1-14H,(H,24,25)/b19-13-. The van der Waals surface area contributed by atoms with Crippen molar-refractivity contribution in [3.8, 4) is 0 Å². The van der Waals surface area contributed by atoms with Crippen molar-refractivity contribution >= 4 is 34.8 Å². The van der Waals surface area contributed by atoms with Crippen LogP contribution in [0.25, 0.3) is 11.6 Å². The van der Waals surface area contributed by atoms with Crippen LogP contribution < -0.4 is 5.32 Å². The van der Waals surface area contributed by atoms with Crippen molar-refractivity contribution in [1.82, 2.24) is 0 Å². The van der Waals surface area contributed by atoms with Gasteiger partial charge in [0, 0.05) is 16.3 Å². The summed E-state index contributed by atoms with van der Waals surface area (Å²) in [6.45, 7) is 0. The maximum atomic E-state index is 13.4. The second-order valence-corrected chi connectivity index (χ2v) is 5.82. The summed E-state index contributed by atoms with van der Waals surface area (Å²) < 4.78 is 13.4. The highest BCUT2D eigenvalue weighted by Crippen LogP contribution is 2.24. The molecule has 0 aromatic heterocycles. The lowest BCUT2D eigenvalue weighted by Gasteiger charge is -2.10. The molecule has 2 nitrogen and oxygen atoms in total. The molecular weight excluding hydrogens is 337 g/mol. The van der Waals surface area contributed by atoms with Gasteiger partial charge in [-0.25, -0.2) is 4.39 Å². The average Bonchev–Trinajstić information content (AvgIpc) is 2.61. The number of halogens is 2. The second kappa shape index (κ2) is 7.77. The van der Waals surface area contributed by atoms with Gasteiger partial charge >= 0.3 is 0 Å². The molecule has 0 unspecified atom stereocenters. The Morgan fingerprint density at radius 3 is 2.36 bits per heavy atom. The molecule has 0 radical (unpaired) electrons. The summed E-state index contributed by atoms with van der Waals surface area (Å²) in [6.07, 6.45) is 1.73. The van der Waals surface area contributed by atoms with Crippen molar-refractivity contribution in [2.45, 2.75) is 0 Å². The molecule has 0 saturated carbocycles. The summed E-state index contributed by atoms with van der Waals surface area (Å²) in [4.78, 5) is 12.8. The minimum absolute atomic E-state index is 0.336. The fraction of sp³-hybridized carbons (Fsp3) is 0. The first-order valence-electron chi connectivity index (χ1n) is 7.72. The van der Waals surface area contributed by atoms with Crippen molar-refractivity contribution in [2.24, 2.45) is 0 Å². The molecule has 3 aromatic carbocycles. The Labute approximate surface area is 150 Å². The zero-order valence-corrected chi connectivity index (χ0v) is 14.0. The number of rotatable bonds is 4. The highest BCUT2D eigenvalue weighted by atomic mass is 35.5. The summed E-state index contributed by atoms with van der Waals surface area (Å²) in [5.74, 6) is -0.745. The van der Waals surface area contributed by atoms with Crippen LogP contribution in [-0.2, 0) is 4.79 Å². The van der Waals surface area contributed by atoms with Gasteiger partial charge in [0.15, 0.2) is 0 Å². The van der Waals surface area contributed by atoms with E-state index in [1.54, 1.807) is 24.3 Å². The minimum atomic E-state index is -0.408. The fourth-order valence-corrected chi connectivity index (χ4v) is 2.60. The SMILES string of the molecule is O=C(Nc1cccc(F)c1)/C(=C\c1ccccc1Cl)c1ccccc1. The molecule has 0 spiro atoms. The van der Waals surface area contributed by atoms with Gasteiger partial charge in [-0.05, 0) is 41.5 Å². The maximum absolute atomic E-state index is 13.4. The third-order valence-electron chi connectivity index (χ3n) is 3.62. The van der Waals surface area contributed by atoms with Crippen LogP contribution in [-0.4, -0.2) is 5.91 Å². The van der Waals surface area contributed by atoms with E-state index in [-0.39, 0.29) is 5.91 Å². The lowest BCUT2D eigenvalue weighted by Crippen LogP contribution is -2.13. The van der Waals surface area contributed by atoms with Crippen molar-refractivity contribution in [3.63, 3.8) is 0 Å². The summed E-state index contributed by atoms with van der Waals surface area (Å²) in [5.41, 5.74) is 2.32. The molecule has 124 valence electrons. The number of nitrogens with one attached hydrogen (secondary N) is 1. The smallest absolute Gasteiger partial charge is 0.256 e. The van der Waals surface area contributed by atoms with Crippen molar-refractivity contribution in [1.29, 1.82) is 0 Å². The molecule has 25 heavy (non-hydrogen) atoms. The van der Waals surface area contributed by atoms with Crippen molar-refractivity contribution < 1.29 is 9.18 Å². The molecule has 0 bridgehead atoms. The van der Waals surface area contributed by atoms with Gasteiger partial charge in [-0.15, -0.1) is 0 Å². The van der Waals surface area contributed by atoms with E-state index in [0.29, 0.717) is 16.3 Å².